The molecule has 6 rings (SSSR count). The minimum absolute atomic E-state index is 0.0623. The molecule has 2 N–H and O–H groups in total. The van der Waals surface area contributed by atoms with Crippen LogP contribution in [0.5, 0.6) is 0 Å². The number of benzene rings is 4. The number of rotatable bonds is 7. The van der Waals surface area contributed by atoms with E-state index < -0.39 is 0 Å². The first kappa shape index (κ1) is 23.6. The molecule has 186 valence electrons. The summed E-state index contributed by atoms with van der Waals surface area (Å²) in [5.74, 6) is -0.125. The van der Waals surface area contributed by atoms with E-state index in [9.17, 15) is 9.59 Å². The fourth-order valence-corrected chi connectivity index (χ4v) is 4.73. The van der Waals surface area contributed by atoms with Crippen molar-refractivity contribution in [1.82, 2.24) is 9.97 Å². The lowest BCUT2D eigenvalue weighted by atomic mass is 10.1. The van der Waals surface area contributed by atoms with Crippen LogP contribution in [0.3, 0.4) is 0 Å². The van der Waals surface area contributed by atoms with Crippen molar-refractivity contribution in [3.63, 3.8) is 0 Å². The van der Waals surface area contributed by atoms with Crippen molar-refractivity contribution in [2.24, 2.45) is 0 Å². The largest absolute Gasteiger partial charge is 0.326 e. The highest BCUT2D eigenvalue weighted by molar-refractivity contribution is 5.98. The zero-order valence-corrected chi connectivity index (χ0v) is 20.8. The van der Waals surface area contributed by atoms with E-state index in [0.29, 0.717) is 25.7 Å². The molecule has 0 radical (unpaired) electrons. The summed E-state index contributed by atoms with van der Waals surface area (Å²) in [6.45, 7) is 0. The molecule has 0 aliphatic carbocycles. The second kappa shape index (κ2) is 10.3. The monoisotopic (exact) mass is 498 g/mol. The zero-order valence-electron chi connectivity index (χ0n) is 20.8. The molecule has 38 heavy (non-hydrogen) atoms. The lowest BCUT2D eigenvalue weighted by molar-refractivity contribution is -0.118. The SMILES string of the molecule is O=C(CCCCC(=O)Nc1ccc2nc3ccccc3cc2c1)Nc1ccc2nc3ccccc3cc2c1. The molecule has 0 unspecified atom stereocenters. The number of hydrogen-bond acceptors (Lipinski definition) is 4. The first-order valence-electron chi connectivity index (χ1n) is 12.8. The third kappa shape index (κ3) is 5.15. The van der Waals surface area contributed by atoms with E-state index in [-0.39, 0.29) is 11.8 Å². The molecule has 6 aromatic rings. The third-order valence-electron chi connectivity index (χ3n) is 6.66. The number of para-hydroxylation sites is 2. The molecule has 2 aromatic heterocycles. The van der Waals surface area contributed by atoms with Crippen LogP contribution in [0.4, 0.5) is 11.4 Å². The summed E-state index contributed by atoms with van der Waals surface area (Å²) in [6.07, 6.45) is 1.98. The van der Waals surface area contributed by atoms with Gasteiger partial charge in [-0.05, 0) is 73.5 Å². The number of aromatic nitrogens is 2. The molecule has 0 atom stereocenters. The molecule has 0 aliphatic rings. The van der Waals surface area contributed by atoms with E-state index in [2.05, 4.69) is 32.7 Å². The summed E-state index contributed by atoms with van der Waals surface area (Å²) in [5, 5.41) is 10.0. The van der Waals surface area contributed by atoms with Crippen LogP contribution >= 0.6 is 0 Å². The van der Waals surface area contributed by atoms with Crippen molar-refractivity contribution in [3.8, 4) is 0 Å². The Morgan fingerprint density at radius 1 is 0.500 bits per heavy atom. The highest BCUT2D eigenvalue weighted by Gasteiger charge is 2.08. The number of nitrogens with zero attached hydrogens (tertiary/aromatic N) is 2. The molecule has 2 heterocycles. The molecular weight excluding hydrogens is 472 g/mol. The summed E-state index contributed by atoms with van der Waals surface area (Å²) < 4.78 is 0. The Morgan fingerprint density at radius 2 is 0.921 bits per heavy atom. The maximum atomic E-state index is 12.5. The second-order valence-electron chi connectivity index (χ2n) is 9.48. The lowest BCUT2D eigenvalue weighted by Crippen LogP contribution is -2.13. The van der Waals surface area contributed by atoms with Gasteiger partial charge in [0, 0.05) is 45.8 Å². The topological polar surface area (TPSA) is 84.0 Å². The number of fused-ring (bicyclic) bond motifs is 4. The molecule has 6 heteroatoms. The number of nitrogens with one attached hydrogen (secondary N) is 2. The Hall–Kier alpha value is -4.84. The number of amides is 2. The number of carbonyl (C=O) groups excluding carboxylic acids is 2. The van der Waals surface area contributed by atoms with Crippen LogP contribution in [0.2, 0.25) is 0 Å². The van der Waals surface area contributed by atoms with Crippen LogP contribution in [0.15, 0.2) is 97.1 Å². The first-order chi connectivity index (χ1) is 18.6. The molecule has 0 bridgehead atoms. The van der Waals surface area contributed by atoms with Gasteiger partial charge in [0.1, 0.15) is 0 Å². The van der Waals surface area contributed by atoms with Crippen molar-refractivity contribution >= 4 is 66.8 Å². The van der Waals surface area contributed by atoms with Crippen molar-refractivity contribution in [2.75, 3.05) is 10.6 Å². The average Bonchev–Trinajstić information content (AvgIpc) is 2.93. The second-order valence-corrected chi connectivity index (χ2v) is 9.48. The van der Waals surface area contributed by atoms with E-state index in [1.807, 2.05) is 84.9 Å². The third-order valence-corrected chi connectivity index (χ3v) is 6.66. The van der Waals surface area contributed by atoms with Gasteiger partial charge in [-0.15, -0.1) is 0 Å². The quantitative estimate of drug-likeness (QED) is 0.180. The lowest BCUT2D eigenvalue weighted by Gasteiger charge is -2.08. The number of carbonyl (C=O) groups is 2. The molecule has 0 aliphatic heterocycles. The number of hydrogen-bond donors (Lipinski definition) is 2. The van der Waals surface area contributed by atoms with Gasteiger partial charge in [0.2, 0.25) is 11.8 Å². The van der Waals surface area contributed by atoms with Gasteiger partial charge in [-0.2, -0.15) is 0 Å². The maximum absolute atomic E-state index is 12.5. The minimum Gasteiger partial charge on any atom is -0.326 e. The van der Waals surface area contributed by atoms with E-state index >= 15 is 0 Å². The molecule has 0 spiro atoms. The fourth-order valence-electron chi connectivity index (χ4n) is 4.73. The standard InChI is InChI=1S/C32H26N4O2/c37-31(33-25-13-15-29-23(19-25)17-21-7-1-3-9-27(21)35-29)11-5-6-12-32(38)34-26-14-16-30-24(20-26)18-22-8-2-4-10-28(22)36-30/h1-4,7-10,13-20H,5-6,11-12H2,(H,33,37)(H,34,38). The Kier molecular flexibility index (Phi) is 6.36. The zero-order chi connectivity index (χ0) is 25.9. The van der Waals surface area contributed by atoms with E-state index in [1.165, 1.54) is 0 Å². The van der Waals surface area contributed by atoms with Crippen molar-refractivity contribution in [3.05, 3.63) is 97.1 Å². The van der Waals surface area contributed by atoms with Crippen LogP contribution < -0.4 is 10.6 Å². The van der Waals surface area contributed by atoms with Crippen molar-refractivity contribution < 1.29 is 9.59 Å². The number of pyridine rings is 2. The Balaban J connectivity index is 0.998. The van der Waals surface area contributed by atoms with Crippen molar-refractivity contribution in [1.29, 1.82) is 0 Å². The van der Waals surface area contributed by atoms with Gasteiger partial charge in [-0.3, -0.25) is 9.59 Å². The molecule has 4 aromatic carbocycles. The summed E-state index contributed by atoms with van der Waals surface area (Å²) in [5.41, 5.74) is 5.18. The molecule has 0 saturated heterocycles. The van der Waals surface area contributed by atoms with E-state index in [0.717, 1.165) is 55.0 Å². The van der Waals surface area contributed by atoms with E-state index in [1.54, 1.807) is 0 Å². The molecule has 0 saturated carbocycles. The van der Waals surface area contributed by atoms with Crippen LogP contribution in [-0.4, -0.2) is 21.8 Å². The summed E-state index contributed by atoms with van der Waals surface area (Å²) in [7, 11) is 0. The summed E-state index contributed by atoms with van der Waals surface area (Å²) in [4.78, 5) is 34.3. The summed E-state index contributed by atoms with van der Waals surface area (Å²) >= 11 is 0. The normalized spacial score (nSPS) is 11.3. The molecular formula is C32H26N4O2. The highest BCUT2D eigenvalue weighted by Crippen LogP contribution is 2.24. The number of anilines is 2. The predicted molar refractivity (Wildman–Crippen MR) is 154 cm³/mol. The highest BCUT2D eigenvalue weighted by atomic mass is 16.2. The van der Waals surface area contributed by atoms with E-state index in [4.69, 9.17) is 0 Å². The number of unbranched alkanes of at least 4 members (excludes halogenated alkanes) is 1. The maximum Gasteiger partial charge on any atom is 0.224 e. The first-order valence-corrected chi connectivity index (χ1v) is 12.8. The van der Waals surface area contributed by atoms with Gasteiger partial charge in [-0.25, -0.2) is 9.97 Å². The van der Waals surface area contributed by atoms with Crippen LogP contribution in [0.1, 0.15) is 25.7 Å². The molecule has 6 nitrogen and oxygen atoms in total. The van der Waals surface area contributed by atoms with Gasteiger partial charge in [0.25, 0.3) is 0 Å². The van der Waals surface area contributed by atoms with Gasteiger partial charge in [0.15, 0.2) is 0 Å². The minimum atomic E-state index is -0.0623. The van der Waals surface area contributed by atoms with Gasteiger partial charge in [-0.1, -0.05) is 36.4 Å². The average molecular weight is 499 g/mol. The van der Waals surface area contributed by atoms with Crippen LogP contribution in [-0.2, 0) is 9.59 Å². The predicted octanol–water partition coefficient (Wildman–Crippen LogP) is 7.23. The molecule has 2 amide bonds. The van der Waals surface area contributed by atoms with Crippen molar-refractivity contribution in [2.45, 2.75) is 25.7 Å². The summed E-state index contributed by atoms with van der Waals surface area (Å²) in [6, 6.07) is 31.6. The fraction of sp³-hybridized carbons (Fsp3) is 0.125. The van der Waals surface area contributed by atoms with Gasteiger partial charge < -0.3 is 10.6 Å². The smallest absolute Gasteiger partial charge is 0.224 e. The van der Waals surface area contributed by atoms with Crippen LogP contribution in [0, 0.1) is 0 Å². The van der Waals surface area contributed by atoms with Crippen LogP contribution in [0.25, 0.3) is 43.6 Å². The Morgan fingerprint density at radius 3 is 1.39 bits per heavy atom. The van der Waals surface area contributed by atoms with Gasteiger partial charge >= 0.3 is 0 Å². The Labute approximate surface area is 219 Å². The van der Waals surface area contributed by atoms with Gasteiger partial charge in [0.05, 0.1) is 22.1 Å². The Bertz CT molecular complexity index is 1690. The molecule has 0 fully saturated rings.